The molecule has 1 aliphatic rings. The molecule has 1 rings (SSSR count). The van der Waals surface area contributed by atoms with Gasteiger partial charge in [0.15, 0.2) is 0 Å². The standard InChI is InChI=1S/C28H40N6O17S2/c1-2-50-27(49)28(11-52-9-14(22(42)31-7-18(37)38)33-16(35)5-3-12(29)24(44)45)21(20(41)26(48)51-28)53-10-15(23(43)32-8-19(39)40)34-17(36)6-4-13(30)25(46)47/h12-15,41H,2-11,29-30H2,1H3,(H,31,42)(H,32,43)(H,33,35)(H,34,36)(H,37,38)(H,39,40)(H,44,45)(H,46,47)/t12?,13?,14?,15?,28-/m1/s1. The van der Waals surface area contributed by atoms with Gasteiger partial charge in [-0.15, -0.1) is 11.8 Å². The summed E-state index contributed by atoms with van der Waals surface area (Å²) in [6.45, 7) is -0.616. The summed E-state index contributed by atoms with van der Waals surface area (Å²) in [6, 6.07) is -5.95. The topological polar surface area (TPSA) is 390 Å². The van der Waals surface area contributed by atoms with Crippen molar-refractivity contribution in [3.63, 3.8) is 0 Å². The van der Waals surface area contributed by atoms with E-state index < -0.39 is 143 Å². The van der Waals surface area contributed by atoms with Crippen molar-refractivity contribution < 1.29 is 83.0 Å². The minimum absolute atomic E-state index is 0.273. The predicted molar refractivity (Wildman–Crippen MR) is 180 cm³/mol. The maximum atomic E-state index is 13.4. The Balaban J connectivity index is 3.34. The zero-order chi connectivity index (χ0) is 40.5. The fourth-order valence-corrected chi connectivity index (χ4v) is 6.54. The van der Waals surface area contributed by atoms with Crippen molar-refractivity contribution in [2.45, 2.75) is 62.4 Å². The first kappa shape index (κ1) is 45.9. The van der Waals surface area contributed by atoms with Gasteiger partial charge in [-0.3, -0.25) is 38.4 Å². The molecule has 13 N–H and O–H groups in total. The highest BCUT2D eigenvalue weighted by Gasteiger charge is 2.56. The van der Waals surface area contributed by atoms with Gasteiger partial charge in [-0.1, -0.05) is 0 Å². The lowest BCUT2D eigenvalue weighted by atomic mass is 10.1. The van der Waals surface area contributed by atoms with Gasteiger partial charge in [-0.05, 0) is 19.8 Å². The minimum Gasteiger partial charge on any atom is -0.501 e. The molecule has 25 heteroatoms. The molecule has 0 aromatic rings. The number of carboxylic acid groups (broad SMARTS) is 4. The summed E-state index contributed by atoms with van der Waals surface area (Å²) in [6.07, 6.45) is -1.60. The molecule has 0 saturated carbocycles. The third-order valence-corrected chi connectivity index (χ3v) is 9.25. The van der Waals surface area contributed by atoms with E-state index in [0.29, 0.717) is 23.5 Å². The van der Waals surface area contributed by atoms with E-state index in [0.717, 1.165) is 0 Å². The molecular formula is C28H40N6O17S2. The van der Waals surface area contributed by atoms with Crippen LogP contribution in [0.2, 0.25) is 0 Å². The van der Waals surface area contributed by atoms with Crippen molar-refractivity contribution in [1.29, 1.82) is 0 Å². The molecule has 0 fully saturated rings. The van der Waals surface area contributed by atoms with Gasteiger partial charge in [0.25, 0.3) is 5.60 Å². The van der Waals surface area contributed by atoms with Crippen LogP contribution in [0.25, 0.3) is 0 Å². The van der Waals surface area contributed by atoms with Crippen molar-refractivity contribution in [3.8, 4) is 0 Å². The number of carbonyl (C=O) groups excluding carboxylic acids is 6. The van der Waals surface area contributed by atoms with Crippen molar-refractivity contribution >= 4 is 83.0 Å². The lowest BCUT2D eigenvalue weighted by Crippen LogP contribution is -2.51. The minimum atomic E-state index is -2.45. The van der Waals surface area contributed by atoms with Gasteiger partial charge in [0.1, 0.15) is 37.3 Å². The molecule has 4 unspecified atom stereocenters. The molecule has 5 atom stereocenters. The summed E-state index contributed by atoms with van der Waals surface area (Å²) in [7, 11) is 0. The zero-order valence-electron chi connectivity index (χ0n) is 28.0. The number of thioether (sulfide) groups is 2. The number of hydrogen-bond acceptors (Lipinski definition) is 17. The van der Waals surface area contributed by atoms with Crippen LogP contribution in [0.15, 0.2) is 10.7 Å². The van der Waals surface area contributed by atoms with E-state index in [1.807, 2.05) is 5.32 Å². The molecule has 296 valence electrons. The van der Waals surface area contributed by atoms with Crippen LogP contribution in [0, 0.1) is 0 Å². The monoisotopic (exact) mass is 796 g/mol. The molecule has 1 heterocycles. The lowest BCUT2D eigenvalue weighted by Gasteiger charge is -2.29. The summed E-state index contributed by atoms with van der Waals surface area (Å²) >= 11 is 1.13. The van der Waals surface area contributed by atoms with E-state index in [4.69, 9.17) is 41.4 Å². The first-order valence-electron chi connectivity index (χ1n) is 15.3. The van der Waals surface area contributed by atoms with E-state index in [2.05, 4.69) is 16.0 Å². The Morgan fingerprint density at radius 1 is 0.792 bits per heavy atom. The number of aliphatic hydroxyl groups is 1. The van der Waals surface area contributed by atoms with Crippen molar-refractivity contribution in [1.82, 2.24) is 21.3 Å². The molecule has 0 saturated heterocycles. The van der Waals surface area contributed by atoms with Crippen LogP contribution in [0.5, 0.6) is 0 Å². The van der Waals surface area contributed by atoms with Gasteiger partial charge in [0, 0.05) is 30.1 Å². The zero-order valence-corrected chi connectivity index (χ0v) is 29.6. The van der Waals surface area contributed by atoms with Gasteiger partial charge in [0.2, 0.25) is 29.4 Å². The Morgan fingerprint density at radius 2 is 1.25 bits per heavy atom. The van der Waals surface area contributed by atoms with Gasteiger partial charge >= 0.3 is 35.8 Å². The fourth-order valence-electron chi connectivity index (χ4n) is 4.04. The highest BCUT2D eigenvalue weighted by molar-refractivity contribution is 8.03. The average molecular weight is 797 g/mol. The number of amides is 4. The predicted octanol–water partition coefficient (Wildman–Crippen LogP) is -4.16. The summed E-state index contributed by atoms with van der Waals surface area (Å²) in [5.41, 5.74) is 8.36. The second kappa shape index (κ2) is 22.0. The Hall–Kier alpha value is -5.14. The number of nitrogens with two attached hydrogens (primary N) is 2. The third-order valence-electron chi connectivity index (χ3n) is 6.76. The van der Waals surface area contributed by atoms with Gasteiger partial charge < -0.3 is 67.7 Å². The molecule has 23 nitrogen and oxygen atoms in total. The Labute approximate surface area is 308 Å². The highest BCUT2D eigenvalue weighted by atomic mass is 32.2. The van der Waals surface area contributed by atoms with Crippen molar-refractivity contribution in [2.24, 2.45) is 11.5 Å². The Bertz CT molecular complexity index is 1480. The number of aliphatic carboxylic acids is 4. The summed E-state index contributed by atoms with van der Waals surface area (Å²) in [5.74, 6) is -14.9. The van der Waals surface area contributed by atoms with Crippen LogP contribution in [0.4, 0.5) is 0 Å². The van der Waals surface area contributed by atoms with Crippen molar-refractivity contribution in [3.05, 3.63) is 10.7 Å². The maximum absolute atomic E-state index is 13.4. The van der Waals surface area contributed by atoms with E-state index in [-0.39, 0.29) is 19.4 Å². The SMILES string of the molecule is CCOC(=O)[C@]1(CSCC(NC(=O)CCC(N)C(=O)O)C(=O)NCC(=O)O)OC(=O)C(O)=C1SCC(NC(=O)CCC(N)C(=O)O)C(=O)NCC(=O)O. The van der Waals surface area contributed by atoms with Gasteiger partial charge in [-0.2, -0.15) is 11.8 Å². The molecule has 0 aromatic heterocycles. The molecule has 0 aliphatic carbocycles. The number of carbonyl (C=O) groups is 10. The van der Waals surface area contributed by atoms with Crippen LogP contribution < -0.4 is 32.7 Å². The summed E-state index contributed by atoms with van der Waals surface area (Å²) < 4.78 is 10.4. The highest BCUT2D eigenvalue weighted by Crippen LogP contribution is 2.43. The van der Waals surface area contributed by atoms with Crippen LogP contribution in [0.3, 0.4) is 0 Å². The van der Waals surface area contributed by atoms with Crippen LogP contribution in [-0.2, 0) is 57.4 Å². The lowest BCUT2D eigenvalue weighted by molar-refractivity contribution is -0.169. The van der Waals surface area contributed by atoms with Crippen LogP contribution in [-0.4, -0.2) is 152 Å². The van der Waals surface area contributed by atoms with Crippen LogP contribution >= 0.6 is 23.5 Å². The quantitative estimate of drug-likeness (QED) is 0.0390. The average Bonchev–Trinajstić information content (AvgIpc) is 3.33. The molecule has 1 aliphatic heterocycles. The molecule has 4 amide bonds. The number of cyclic esters (lactones) is 1. The Morgan fingerprint density at radius 3 is 1.66 bits per heavy atom. The maximum Gasteiger partial charge on any atom is 0.375 e. The van der Waals surface area contributed by atoms with E-state index in [9.17, 15) is 53.1 Å². The van der Waals surface area contributed by atoms with Crippen LogP contribution in [0.1, 0.15) is 32.6 Å². The molecule has 0 bridgehead atoms. The second-order valence-electron chi connectivity index (χ2n) is 10.9. The smallest absolute Gasteiger partial charge is 0.375 e. The number of esters is 2. The molecule has 0 spiro atoms. The van der Waals surface area contributed by atoms with E-state index >= 15 is 0 Å². The van der Waals surface area contributed by atoms with E-state index in [1.165, 1.54) is 6.92 Å². The molecule has 0 aromatic carbocycles. The summed E-state index contributed by atoms with van der Waals surface area (Å²) in [4.78, 5) is 120. The number of aliphatic hydroxyl groups excluding tert-OH is 1. The molecule has 0 radical (unpaired) electrons. The normalized spacial score (nSPS) is 17.3. The first-order chi connectivity index (χ1) is 24.7. The van der Waals surface area contributed by atoms with Gasteiger partial charge in [-0.25, -0.2) is 9.59 Å². The fraction of sp³-hybridized carbons (Fsp3) is 0.571. The Kier molecular flexibility index (Phi) is 19.1. The summed E-state index contributed by atoms with van der Waals surface area (Å²) in [5, 5.41) is 55.2. The third kappa shape index (κ3) is 15.2. The number of hydrogen-bond donors (Lipinski definition) is 11. The largest absolute Gasteiger partial charge is 0.501 e. The van der Waals surface area contributed by atoms with E-state index in [1.54, 1.807) is 0 Å². The van der Waals surface area contributed by atoms with Crippen molar-refractivity contribution in [2.75, 3.05) is 37.0 Å². The first-order valence-corrected chi connectivity index (χ1v) is 17.5. The number of ether oxygens (including phenoxy) is 2. The second-order valence-corrected chi connectivity index (χ2v) is 12.9. The number of carboxylic acids is 4. The van der Waals surface area contributed by atoms with Gasteiger partial charge in [0.05, 0.1) is 11.5 Å². The number of nitrogens with one attached hydrogen (secondary N) is 4. The molecular weight excluding hydrogens is 756 g/mol. The number of rotatable bonds is 25. The molecule has 53 heavy (non-hydrogen) atoms.